The molecule has 88 valence electrons. The van der Waals surface area contributed by atoms with Gasteiger partial charge in [-0.2, -0.15) is 0 Å². The van der Waals surface area contributed by atoms with Crippen LogP contribution in [0.15, 0.2) is 12.1 Å². The number of hydrogen-bond donors (Lipinski definition) is 1. The first kappa shape index (κ1) is 12.5. The van der Waals surface area contributed by atoms with E-state index in [2.05, 4.69) is 0 Å². The molecule has 0 aromatic heterocycles. The zero-order chi connectivity index (χ0) is 12.1. The molecule has 0 amide bonds. The molecule has 16 heavy (non-hydrogen) atoms. The molecule has 0 fully saturated rings. The van der Waals surface area contributed by atoms with Crippen LogP contribution in [0.1, 0.15) is 37.8 Å². The summed E-state index contributed by atoms with van der Waals surface area (Å²) < 4.78 is 0. The first-order valence-electron chi connectivity index (χ1n) is 5.59. The largest absolute Gasteiger partial charge is 0.507 e. The molecule has 1 aromatic rings. The van der Waals surface area contributed by atoms with Crippen LogP contribution in [-0.4, -0.2) is 10.0 Å². The Bertz CT molecular complexity index is 361. The summed E-state index contributed by atoms with van der Waals surface area (Å²) in [5.74, 6) is 0.231. The van der Waals surface area contributed by atoms with E-state index in [0.29, 0.717) is 24.0 Å². The van der Waals surface area contributed by atoms with Gasteiger partial charge in [-0.1, -0.05) is 26.7 Å². The Balaban J connectivity index is 3.21. The number of rotatable bonds is 5. The van der Waals surface area contributed by atoms with Crippen molar-refractivity contribution in [3.63, 3.8) is 0 Å². The van der Waals surface area contributed by atoms with Crippen molar-refractivity contribution in [1.29, 1.82) is 0 Å². The van der Waals surface area contributed by atoms with Gasteiger partial charge in [0, 0.05) is 23.3 Å². The van der Waals surface area contributed by atoms with Gasteiger partial charge in [-0.05, 0) is 12.8 Å². The molecule has 1 N–H and O–H groups in total. The number of nitrogens with zero attached hydrogens (tertiary/aromatic N) is 1. The molecule has 0 radical (unpaired) electrons. The maximum absolute atomic E-state index is 10.7. The summed E-state index contributed by atoms with van der Waals surface area (Å²) >= 11 is 0. The van der Waals surface area contributed by atoms with E-state index < -0.39 is 4.92 Å². The minimum Gasteiger partial charge on any atom is -0.507 e. The number of benzene rings is 1. The van der Waals surface area contributed by atoms with Gasteiger partial charge in [0.05, 0.1) is 4.92 Å². The van der Waals surface area contributed by atoms with Gasteiger partial charge in [-0.3, -0.25) is 10.1 Å². The standard InChI is InChI=1S/C12H17NO3/c1-3-5-9-7-11(13(15)16)8-10(6-4-2)12(9)14/h7-8,14H,3-6H2,1-2H3. The Kier molecular flexibility index (Phi) is 4.28. The molecule has 0 bridgehead atoms. The van der Waals surface area contributed by atoms with Crippen LogP contribution in [0.3, 0.4) is 0 Å². The van der Waals surface area contributed by atoms with Gasteiger partial charge in [0.25, 0.3) is 5.69 Å². The Morgan fingerprint density at radius 2 is 1.62 bits per heavy atom. The lowest BCUT2D eigenvalue weighted by Gasteiger charge is -2.08. The number of nitro groups is 1. The summed E-state index contributed by atoms with van der Waals surface area (Å²) in [6.45, 7) is 3.97. The number of phenolic OH excluding ortho intramolecular Hbond substituents is 1. The summed E-state index contributed by atoms with van der Waals surface area (Å²) in [5, 5.41) is 20.7. The van der Waals surface area contributed by atoms with Crippen molar-refractivity contribution in [3.05, 3.63) is 33.4 Å². The van der Waals surface area contributed by atoms with Crippen LogP contribution in [0.2, 0.25) is 0 Å². The van der Waals surface area contributed by atoms with E-state index in [1.165, 1.54) is 12.1 Å². The molecule has 1 aromatic carbocycles. The van der Waals surface area contributed by atoms with E-state index in [9.17, 15) is 15.2 Å². The van der Waals surface area contributed by atoms with Crippen LogP contribution in [0.5, 0.6) is 5.75 Å². The smallest absolute Gasteiger partial charge is 0.270 e. The second-order valence-corrected chi connectivity index (χ2v) is 3.87. The molecule has 0 spiro atoms. The number of aromatic hydroxyl groups is 1. The maximum Gasteiger partial charge on any atom is 0.270 e. The van der Waals surface area contributed by atoms with Crippen LogP contribution in [0, 0.1) is 10.1 Å². The topological polar surface area (TPSA) is 63.4 Å². The molecule has 0 saturated carbocycles. The zero-order valence-electron chi connectivity index (χ0n) is 9.69. The van der Waals surface area contributed by atoms with Gasteiger partial charge in [0.2, 0.25) is 0 Å². The van der Waals surface area contributed by atoms with Crippen molar-refractivity contribution in [3.8, 4) is 5.75 Å². The van der Waals surface area contributed by atoms with Crippen LogP contribution < -0.4 is 0 Å². The van der Waals surface area contributed by atoms with Crippen LogP contribution in [0.25, 0.3) is 0 Å². The highest BCUT2D eigenvalue weighted by atomic mass is 16.6. The van der Waals surface area contributed by atoms with Gasteiger partial charge in [0.1, 0.15) is 5.75 Å². The molecule has 0 aliphatic heterocycles. The second kappa shape index (κ2) is 5.49. The lowest BCUT2D eigenvalue weighted by atomic mass is 10.0. The Morgan fingerprint density at radius 3 is 1.94 bits per heavy atom. The highest BCUT2D eigenvalue weighted by Crippen LogP contribution is 2.30. The average molecular weight is 223 g/mol. The number of aryl methyl sites for hydroxylation is 2. The number of nitro benzene ring substituents is 1. The molecule has 0 aliphatic carbocycles. The first-order valence-corrected chi connectivity index (χ1v) is 5.59. The Labute approximate surface area is 95.1 Å². The molecule has 4 heteroatoms. The highest BCUT2D eigenvalue weighted by molar-refractivity contribution is 5.49. The molecule has 4 nitrogen and oxygen atoms in total. The molecular formula is C12H17NO3. The minimum atomic E-state index is -0.405. The van der Waals surface area contributed by atoms with E-state index >= 15 is 0 Å². The van der Waals surface area contributed by atoms with Crippen molar-refractivity contribution in [2.24, 2.45) is 0 Å². The monoisotopic (exact) mass is 223 g/mol. The third kappa shape index (κ3) is 2.72. The van der Waals surface area contributed by atoms with Crippen LogP contribution >= 0.6 is 0 Å². The first-order chi connectivity index (χ1) is 7.60. The number of non-ortho nitro benzene ring substituents is 1. The van der Waals surface area contributed by atoms with Gasteiger partial charge in [-0.15, -0.1) is 0 Å². The van der Waals surface area contributed by atoms with Crippen molar-refractivity contribution in [2.75, 3.05) is 0 Å². The molecule has 0 heterocycles. The van der Waals surface area contributed by atoms with E-state index in [1.807, 2.05) is 13.8 Å². The molecular weight excluding hydrogens is 206 g/mol. The van der Waals surface area contributed by atoms with Gasteiger partial charge < -0.3 is 5.11 Å². The fourth-order valence-electron chi connectivity index (χ4n) is 1.77. The zero-order valence-corrected chi connectivity index (χ0v) is 9.69. The van der Waals surface area contributed by atoms with E-state index in [1.54, 1.807) is 0 Å². The van der Waals surface area contributed by atoms with Gasteiger partial charge in [-0.25, -0.2) is 0 Å². The normalized spacial score (nSPS) is 10.4. The molecule has 0 atom stereocenters. The molecule has 0 aliphatic rings. The maximum atomic E-state index is 10.7. The number of phenols is 1. The lowest BCUT2D eigenvalue weighted by molar-refractivity contribution is -0.385. The van der Waals surface area contributed by atoms with Crippen LogP contribution in [-0.2, 0) is 12.8 Å². The summed E-state index contributed by atoms with van der Waals surface area (Å²) in [6.07, 6.45) is 3.06. The number of hydrogen-bond acceptors (Lipinski definition) is 3. The van der Waals surface area contributed by atoms with Crippen LogP contribution in [0.4, 0.5) is 5.69 Å². The predicted molar refractivity (Wildman–Crippen MR) is 62.8 cm³/mol. The summed E-state index contributed by atoms with van der Waals surface area (Å²) in [7, 11) is 0. The second-order valence-electron chi connectivity index (χ2n) is 3.87. The summed E-state index contributed by atoms with van der Waals surface area (Å²) in [5.41, 5.74) is 1.44. The fourth-order valence-corrected chi connectivity index (χ4v) is 1.77. The summed E-state index contributed by atoms with van der Waals surface area (Å²) in [6, 6.07) is 2.94. The Hall–Kier alpha value is -1.58. The quantitative estimate of drug-likeness (QED) is 0.615. The van der Waals surface area contributed by atoms with Crippen molar-refractivity contribution >= 4 is 5.69 Å². The highest BCUT2D eigenvalue weighted by Gasteiger charge is 2.14. The van der Waals surface area contributed by atoms with Crippen molar-refractivity contribution < 1.29 is 10.0 Å². The third-order valence-corrected chi connectivity index (χ3v) is 2.50. The van der Waals surface area contributed by atoms with Gasteiger partial charge in [0.15, 0.2) is 0 Å². The fraction of sp³-hybridized carbons (Fsp3) is 0.500. The SMILES string of the molecule is CCCc1cc([N+](=O)[O-])cc(CCC)c1O. The van der Waals surface area contributed by atoms with E-state index in [-0.39, 0.29) is 11.4 Å². The minimum absolute atomic E-state index is 0.0738. The summed E-state index contributed by atoms with van der Waals surface area (Å²) in [4.78, 5) is 10.3. The lowest BCUT2D eigenvalue weighted by Crippen LogP contribution is -1.96. The Morgan fingerprint density at radius 1 is 1.19 bits per heavy atom. The van der Waals surface area contributed by atoms with Crippen molar-refractivity contribution in [1.82, 2.24) is 0 Å². The predicted octanol–water partition coefficient (Wildman–Crippen LogP) is 3.21. The third-order valence-electron chi connectivity index (χ3n) is 2.50. The van der Waals surface area contributed by atoms with Gasteiger partial charge >= 0.3 is 0 Å². The molecule has 0 saturated heterocycles. The molecule has 0 unspecified atom stereocenters. The molecule has 1 rings (SSSR count). The van der Waals surface area contributed by atoms with Crippen molar-refractivity contribution in [2.45, 2.75) is 39.5 Å². The van der Waals surface area contributed by atoms with E-state index in [0.717, 1.165) is 12.8 Å². The average Bonchev–Trinajstić information content (AvgIpc) is 2.24. The van der Waals surface area contributed by atoms with E-state index in [4.69, 9.17) is 0 Å².